The predicted molar refractivity (Wildman–Crippen MR) is 270 cm³/mol. The third kappa shape index (κ3) is 5.02. The molecule has 0 radical (unpaired) electrons. The first kappa shape index (κ1) is 35.2. The minimum absolute atomic E-state index is 0.819. The summed E-state index contributed by atoms with van der Waals surface area (Å²) in [7, 11) is 0. The Labute approximate surface area is 367 Å². The number of rotatable bonds is 4. The molecule has 12 aromatic carbocycles. The maximum atomic E-state index is 6.98. The lowest BCUT2D eigenvalue weighted by Gasteiger charge is -2.20. The fraction of sp³-hybridized carbons (Fsp3) is 0. The van der Waals surface area contributed by atoms with E-state index in [1.807, 2.05) is 12.1 Å². The first-order valence-electron chi connectivity index (χ1n) is 22.0. The van der Waals surface area contributed by atoms with Gasteiger partial charge in [-0.1, -0.05) is 188 Å². The van der Waals surface area contributed by atoms with Crippen molar-refractivity contribution in [2.45, 2.75) is 0 Å². The normalized spacial score (nSPS) is 12.1. The average molecular weight is 813 g/mol. The molecule has 296 valence electrons. The van der Waals surface area contributed by atoms with Crippen LogP contribution in [0.5, 0.6) is 0 Å². The molecule has 0 amide bonds. The van der Waals surface area contributed by atoms with Gasteiger partial charge in [0.25, 0.3) is 0 Å². The van der Waals surface area contributed by atoms with Gasteiger partial charge in [-0.2, -0.15) is 0 Å². The van der Waals surface area contributed by atoms with Gasteiger partial charge in [0.1, 0.15) is 22.3 Å². The van der Waals surface area contributed by atoms with E-state index in [1.165, 1.54) is 76.5 Å². The molecule has 64 heavy (non-hydrogen) atoms. The van der Waals surface area contributed by atoms with Gasteiger partial charge in [-0.15, -0.1) is 0 Å². The second kappa shape index (κ2) is 13.5. The smallest absolute Gasteiger partial charge is 0.147 e. The Hall–Kier alpha value is -8.46. The van der Waals surface area contributed by atoms with Gasteiger partial charge in [0.2, 0.25) is 0 Å². The largest absolute Gasteiger partial charge is 0.455 e. The highest BCUT2D eigenvalue weighted by atomic mass is 16.3. The molecule has 14 rings (SSSR count). The number of para-hydroxylation sites is 1. The minimum atomic E-state index is 0.819. The van der Waals surface area contributed by atoms with E-state index in [0.29, 0.717) is 0 Å². The number of benzene rings is 12. The van der Waals surface area contributed by atoms with Crippen LogP contribution in [0, 0.1) is 0 Å². The molecule has 0 atom stereocenters. The molecule has 2 nitrogen and oxygen atoms in total. The molecule has 0 fully saturated rings. The van der Waals surface area contributed by atoms with Gasteiger partial charge in [0.05, 0.1) is 5.39 Å². The van der Waals surface area contributed by atoms with Crippen LogP contribution in [0.1, 0.15) is 0 Å². The van der Waals surface area contributed by atoms with Crippen molar-refractivity contribution >= 4 is 97.7 Å². The van der Waals surface area contributed by atoms with Crippen molar-refractivity contribution in [3.05, 3.63) is 218 Å². The zero-order valence-corrected chi connectivity index (χ0v) is 34.6. The molecule has 0 saturated heterocycles. The fourth-order valence-electron chi connectivity index (χ4n) is 10.9. The molecule has 0 spiro atoms. The molecule has 0 unspecified atom stereocenters. The Balaban J connectivity index is 1.02. The lowest BCUT2D eigenvalue weighted by molar-refractivity contribution is 0.663. The summed E-state index contributed by atoms with van der Waals surface area (Å²) in [5, 5.41) is 16.4. The third-order valence-corrected chi connectivity index (χ3v) is 13.6. The summed E-state index contributed by atoms with van der Waals surface area (Å²) >= 11 is 0. The summed E-state index contributed by atoms with van der Waals surface area (Å²) in [6.45, 7) is 0. The van der Waals surface area contributed by atoms with Crippen LogP contribution < -0.4 is 0 Å². The molecule has 0 bridgehead atoms. The standard InChI is InChI=1S/C62H36O2/c1-3-20-41-37(15-1)17-14-29-42(41)38-18-13-19-40(35-38)57-47-25-7-9-27-49(47)58(50-28-10-8-26-48(50)57)51-31-32-52(45-23-6-5-22-44(45)51)59-43-21-4-2-16-39(43)36-54-60-56(64-62(54)59)34-33-53-46-24-11-12-30-55(46)63-61(53)60/h1-36H. The molecule has 2 heterocycles. The average Bonchev–Trinajstić information content (AvgIpc) is 3.93. The first-order chi connectivity index (χ1) is 31.8. The van der Waals surface area contributed by atoms with Crippen molar-refractivity contribution in [3.8, 4) is 44.5 Å². The van der Waals surface area contributed by atoms with Crippen molar-refractivity contribution in [3.63, 3.8) is 0 Å². The van der Waals surface area contributed by atoms with Crippen LogP contribution in [0.2, 0.25) is 0 Å². The fourth-order valence-corrected chi connectivity index (χ4v) is 10.9. The molecule has 2 aromatic heterocycles. The number of furan rings is 2. The van der Waals surface area contributed by atoms with E-state index in [9.17, 15) is 0 Å². The van der Waals surface area contributed by atoms with Crippen LogP contribution in [0.3, 0.4) is 0 Å². The van der Waals surface area contributed by atoms with Crippen molar-refractivity contribution in [2.75, 3.05) is 0 Å². The second-order valence-corrected chi connectivity index (χ2v) is 17.0. The summed E-state index contributed by atoms with van der Waals surface area (Å²) < 4.78 is 13.6. The third-order valence-electron chi connectivity index (χ3n) is 13.6. The topological polar surface area (TPSA) is 26.3 Å². The summed E-state index contributed by atoms with van der Waals surface area (Å²) in [6.07, 6.45) is 0. The molecule has 0 aliphatic rings. The summed E-state index contributed by atoms with van der Waals surface area (Å²) in [6, 6.07) is 79.4. The molecule has 0 N–H and O–H groups in total. The monoisotopic (exact) mass is 812 g/mol. The van der Waals surface area contributed by atoms with Gasteiger partial charge in [0, 0.05) is 21.7 Å². The Morgan fingerprint density at radius 3 is 1.50 bits per heavy atom. The quantitative estimate of drug-likeness (QED) is 0.166. The van der Waals surface area contributed by atoms with Gasteiger partial charge in [0.15, 0.2) is 0 Å². The van der Waals surface area contributed by atoms with Crippen molar-refractivity contribution in [1.82, 2.24) is 0 Å². The maximum Gasteiger partial charge on any atom is 0.147 e. The molecule has 2 heteroatoms. The highest BCUT2D eigenvalue weighted by Crippen LogP contribution is 2.50. The summed E-state index contributed by atoms with van der Waals surface area (Å²) in [4.78, 5) is 0. The molecule has 0 saturated carbocycles. The lowest BCUT2D eigenvalue weighted by Crippen LogP contribution is -1.93. The summed E-state index contributed by atoms with van der Waals surface area (Å²) in [5.74, 6) is 0. The van der Waals surface area contributed by atoms with Gasteiger partial charge in [-0.3, -0.25) is 0 Å². The van der Waals surface area contributed by atoms with Gasteiger partial charge >= 0.3 is 0 Å². The van der Waals surface area contributed by atoms with E-state index in [0.717, 1.165) is 65.8 Å². The number of hydrogen-bond acceptors (Lipinski definition) is 2. The Bertz CT molecular complexity index is 4200. The van der Waals surface area contributed by atoms with Gasteiger partial charge in [-0.05, 0) is 123 Å². The van der Waals surface area contributed by atoms with Crippen molar-refractivity contribution < 1.29 is 8.83 Å². The molecule has 0 aliphatic heterocycles. The van der Waals surface area contributed by atoms with Gasteiger partial charge in [-0.25, -0.2) is 0 Å². The predicted octanol–water partition coefficient (Wildman–Crippen LogP) is 17.9. The first-order valence-corrected chi connectivity index (χ1v) is 22.0. The van der Waals surface area contributed by atoms with Crippen LogP contribution in [-0.2, 0) is 0 Å². The zero-order chi connectivity index (χ0) is 41.9. The Morgan fingerprint density at radius 1 is 0.234 bits per heavy atom. The van der Waals surface area contributed by atoms with E-state index in [4.69, 9.17) is 8.83 Å². The van der Waals surface area contributed by atoms with E-state index in [1.54, 1.807) is 0 Å². The van der Waals surface area contributed by atoms with Crippen LogP contribution in [0.25, 0.3) is 142 Å². The van der Waals surface area contributed by atoms with Crippen molar-refractivity contribution in [1.29, 1.82) is 0 Å². The van der Waals surface area contributed by atoms with E-state index in [2.05, 4.69) is 206 Å². The lowest BCUT2D eigenvalue weighted by atomic mass is 9.83. The van der Waals surface area contributed by atoms with E-state index >= 15 is 0 Å². The summed E-state index contributed by atoms with van der Waals surface area (Å²) in [5.41, 5.74) is 13.0. The minimum Gasteiger partial charge on any atom is -0.455 e. The SMILES string of the molecule is c1cc(-c2cccc3ccccc23)cc(-c2c3ccccc3c(-c3ccc(-c4c5ccccc5cc5c4oc4ccc6c7ccccc7oc6c45)c4ccccc34)c3ccccc23)c1. The highest BCUT2D eigenvalue weighted by Gasteiger charge is 2.24. The van der Waals surface area contributed by atoms with E-state index in [-0.39, 0.29) is 0 Å². The molecule has 0 aliphatic carbocycles. The van der Waals surface area contributed by atoms with Crippen molar-refractivity contribution in [2.24, 2.45) is 0 Å². The Kier molecular flexibility index (Phi) is 7.43. The van der Waals surface area contributed by atoms with Crippen LogP contribution >= 0.6 is 0 Å². The Morgan fingerprint density at radius 2 is 0.766 bits per heavy atom. The molecule has 14 aromatic rings. The van der Waals surface area contributed by atoms with Crippen LogP contribution in [0.4, 0.5) is 0 Å². The zero-order valence-electron chi connectivity index (χ0n) is 34.6. The van der Waals surface area contributed by atoms with Crippen LogP contribution in [0.15, 0.2) is 227 Å². The maximum absolute atomic E-state index is 6.98. The molecular weight excluding hydrogens is 777 g/mol. The van der Waals surface area contributed by atoms with Crippen LogP contribution in [-0.4, -0.2) is 0 Å². The molecular formula is C62H36O2. The van der Waals surface area contributed by atoms with Gasteiger partial charge < -0.3 is 8.83 Å². The second-order valence-electron chi connectivity index (χ2n) is 17.0. The highest BCUT2D eigenvalue weighted by molar-refractivity contribution is 6.29. The number of hydrogen-bond donors (Lipinski definition) is 0. The van der Waals surface area contributed by atoms with E-state index < -0.39 is 0 Å². The number of fused-ring (bicyclic) bond motifs is 12.